The van der Waals surface area contributed by atoms with Gasteiger partial charge in [0.05, 0.1) is 14.2 Å². The fourth-order valence-corrected chi connectivity index (χ4v) is 1.31. The molecule has 1 amide bonds. The van der Waals surface area contributed by atoms with Crippen LogP contribution in [0, 0.1) is 0 Å². The van der Waals surface area contributed by atoms with Crippen LogP contribution in [0.4, 0.5) is 0 Å². The van der Waals surface area contributed by atoms with E-state index < -0.39 is 11.3 Å². The number of nitrogens with two attached hydrogens (primary N) is 1. The van der Waals surface area contributed by atoms with Crippen LogP contribution in [0.15, 0.2) is 18.2 Å². The van der Waals surface area contributed by atoms with Gasteiger partial charge in [-0.2, -0.15) is 0 Å². The van der Waals surface area contributed by atoms with Crippen molar-refractivity contribution in [3.63, 3.8) is 0 Å². The molecule has 0 spiro atoms. The molecule has 0 aromatic heterocycles. The third kappa shape index (κ3) is 2.53. The van der Waals surface area contributed by atoms with Crippen LogP contribution in [0.3, 0.4) is 0 Å². The Kier molecular flexibility index (Phi) is 3.80. The minimum Gasteiger partial charge on any atom is -0.493 e. The van der Waals surface area contributed by atoms with E-state index in [0.29, 0.717) is 17.1 Å². The average molecular weight is 230 g/mol. The maximum atomic E-state index is 10.9. The molecule has 0 heterocycles. The normalized spacial score (nSPS) is 11.9. The van der Waals surface area contributed by atoms with Crippen LogP contribution < -0.4 is 15.2 Å². The molecule has 1 unspecified atom stereocenters. The first kappa shape index (κ1) is 11.7. The maximum Gasteiger partial charge on any atom is 0.240 e. The number of amides is 1. The third-order valence-electron chi connectivity index (χ3n) is 1.95. The third-order valence-corrected chi connectivity index (χ3v) is 2.42. The first-order valence-electron chi connectivity index (χ1n) is 4.25. The van der Waals surface area contributed by atoms with Gasteiger partial charge in [-0.3, -0.25) is 4.79 Å². The zero-order valence-corrected chi connectivity index (χ0v) is 9.25. The number of carbonyl (C=O) groups excluding carboxylic acids is 1. The standard InChI is InChI=1S/C10H12ClNO3/c1-14-7-4-3-6(5-8(7)15-2)9(11)10(12)13/h3-5,9H,1-2H3,(H2,12,13). The van der Waals surface area contributed by atoms with Crippen LogP contribution in [-0.4, -0.2) is 20.1 Å². The summed E-state index contributed by atoms with van der Waals surface area (Å²) in [7, 11) is 3.04. The van der Waals surface area contributed by atoms with Gasteiger partial charge in [0.25, 0.3) is 0 Å². The Morgan fingerprint density at radius 1 is 1.33 bits per heavy atom. The molecule has 0 saturated carbocycles. The van der Waals surface area contributed by atoms with Crippen molar-refractivity contribution in [1.82, 2.24) is 0 Å². The van der Waals surface area contributed by atoms with Gasteiger partial charge in [0, 0.05) is 0 Å². The van der Waals surface area contributed by atoms with Gasteiger partial charge >= 0.3 is 0 Å². The van der Waals surface area contributed by atoms with Gasteiger partial charge in [-0.05, 0) is 17.7 Å². The van der Waals surface area contributed by atoms with E-state index >= 15 is 0 Å². The predicted octanol–water partition coefficient (Wildman–Crippen LogP) is 1.47. The molecule has 15 heavy (non-hydrogen) atoms. The molecule has 82 valence electrons. The zero-order chi connectivity index (χ0) is 11.4. The average Bonchev–Trinajstić information content (AvgIpc) is 2.26. The Hall–Kier alpha value is -1.42. The molecule has 1 aromatic carbocycles. The maximum absolute atomic E-state index is 10.9. The summed E-state index contributed by atoms with van der Waals surface area (Å²) >= 11 is 5.79. The molecule has 0 bridgehead atoms. The first-order chi connectivity index (χ1) is 7.10. The Bertz CT molecular complexity index is 368. The highest BCUT2D eigenvalue weighted by molar-refractivity contribution is 6.30. The Balaban J connectivity index is 3.07. The van der Waals surface area contributed by atoms with E-state index in [9.17, 15) is 4.79 Å². The SMILES string of the molecule is COc1ccc(C(Cl)C(N)=O)cc1OC. The zero-order valence-electron chi connectivity index (χ0n) is 8.49. The van der Waals surface area contributed by atoms with Crippen LogP contribution in [0.1, 0.15) is 10.9 Å². The van der Waals surface area contributed by atoms with E-state index in [0.717, 1.165) is 0 Å². The molecule has 0 aliphatic rings. The highest BCUT2D eigenvalue weighted by Gasteiger charge is 2.16. The summed E-state index contributed by atoms with van der Waals surface area (Å²) in [6.45, 7) is 0. The lowest BCUT2D eigenvalue weighted by molar-refractivity contribution is -0.117. The molecule has 0 aliphatic heterocycles. The molecular formula is C10H12ClNO3. The molecule has 1 rings (SSSR count). The van der Waals surface area contributed by atoms with Crippen LogP contribution in [-0.2, 0) is 4.79 Å². The summed E-state index contributed by atoms with van der Waals surface area (Å²) < 4.78 is 10.1. The molecular weight excluding hydrogens is 218 g/mol. The topological polar surface area (TPSA) is 61.5 Å². The van der Waals surface area contributed by atoms with E-state index in [1.54, 1.807) is 18.2 Å². The molecule has 0 saturated heterocycles. The van der Waals surface area contributed by atoms with Crippen LogP contribution >= 0.6 is 11.6 Å². The molecule has 0 aliphatic carbocycles. The lowest BCUT2D eigenvalue weighted by atomic mass is 10.1. The van der Waals surface area contributed by atoms with Gasteiger partial charge in [0.15, 0.2) is 11.5 Å². The number of benzene rings is 1. The Morgan fingerprint density at radius 2 is 1.93 bits per heavy atom. The van der Waals surface area contributed by atoms with Gasteiger partial charge in [-0.25, -0.2) is 0 Å². The van der Waals surface area contributed by atoms with Gasteiger partial charge in [0.2, 0.25) is 5.91 Å². The van der Waals surface area contributed by atoms with Gasteiger partial charge in [-0.15, -0.1) is 11.6 Å². The summed E-state index contributed by atoms with van der Waals surface area (Å²) in [6, 6.07) is 4.97. The van der Waals surface area contributed by atoms with E-state index in [4.69, 9.17) is 26.8 Å². The number of methoxy groups -OCH3 is 2. The first-order valence-corrected chi connectivity index (χ1v) is 4.69. The number of halogens is 1. The molecule has 1 aromatic rings. The minimum atomic E-state index is -0.857. The van der Waals surface area contributed by atoms with E-state index in [1.807, 2.05) is 0 Å². The van der Waals surface area contributed by atoms with E-state index in [2.05, 4.69) is 0 Å². The Morgan fingerprint density at radius 3 is 2.40 bits per heavy atom. The highest BCUT2D eigenvalue weighted by Crippen LogP contribution is 2.31. The smallest absolute Gasteiger partial charge is 0.240 e. The molecule has 0 fully saturated rings. The van der Waals surface area contributed by atoms with Crippen LogP contribution in [0.2, 0.25) is 0 Å². The summed E-state index contributed by atoms with van der Waals surface area (Å²) in [5, 5.41) is -0.857. The number of alkyl halides is 1. The lowest BCUT2D eigenvalue weighted by Gasteiger charge is -2.11. The molecule has 4 nitrogen and oxygen atoms in total. The van der Waals surface area contributed by atoms with Gasteiger partial charge < -0.3 is 15.2 Å². The number of rotatable bonds is 4. The van der Waals surface area contributed by atoms with Crippen molar-refractivity contribution in [2.45, 2.75) is 5.38 Å². The number of hydrogen-bond donors (Lipinski definition) is 1. The second-order valence-electron chi connectivity index (χ2n) is 2.88. The summed E-state index contributed by atoms with van der Waals surface area (Å²) in [4.78, 5) is 10.9. The van der Waals surface area contributed by atoms with Crippen molar-refractivity contribution < 1.29 is 14.3 Å². The highest BCUT2D eigenvalue weighted by atomic mass is 35.5. The van der Waals surface area contributed by atoms with Crippen molar-refractivity contribution in [2.75, 3.05) is 14.2 Å². The number of carbonyl (C=O) groups is 1. The summed E-state index contributed by atoms with van der Waals surface area (Å²) in [5.41, 5.74) is 5.67. The molecule has 2 N–H and O–H groups in total. The largest absolute Gasteiger partial charge is 0.493 e. The summed E-state index contributed by atoms with van der Waals surface area (Å²) in [5.74, 6) is 0.500. The fourth-order valence-electron chi connectivity index (χ4n) is 1.17. The van der Waals surface area contributed by atoms with Gasteiger partial charge in [-0.1, -0.05) is 6.07 Å². The fraction of sp³-hybridized carbons (Fsp3) is 0.300. The van der Waals surface area contributed by atoms with Crippen molar-refractivity contribution in [2.24, 2.45) is 5.73 Å². The minimum absolute atomic E-state index is 0.516. The Labute approximate surface area is 92.9 Å². The van der Waals surface area contributed by atoms with Crippen molar-refractivity contribution >= 4 is 17.5 Å². The molecule has 5 heteroatoms. The van der Waals surface area contributed by atoms with E-state index in [-0.39, 0.29) is 0 Å². The predicted molar refractivity (Wildman–Crippen MR) is 57.3 cm³/mol. The van der Waals surface area contributed by atoms with Gasteiger partial charge in [0.1, 0.15) is 5.38 Å². The van der Waals surface area contributed by atoms with Crippen LogP contribution in [0.25, 0.3) is 0 Å². The lowest BCUT2D eigenvalue weighted by Crippen LogP contribution is -2.17. The van der Waals surface area contributed by atoms with Crippen molar-refractivity contribution in [3.05, 3.63) is 23.8 Å². The molecule has 1 atom stereocenters. The summed E-state index contributed by atoms with van der Waals surface area (Å²) in [6.07, 6.45) is 0. The van der Waals surface area contributed by atoms with Crippen molar-refractivity contribution in [3.8, 4) is 11.5 Å². The van der Waals surface area contributed by atoms with Crippen LogP contribution in [0.5, 0.6) is 11.5 Å². The number of primary amides is 1. The second kappa shape index (κ2) is 4.89. The molecule has 0 radical (unpaired) electrons. The van der Waals surface area contributed by atoms with Crippen molar-refractivity contribution in [1.29, 1.82) is 0 Å². The second-order valence-corrected chi connectivity index (χ2v) is 3.32. The quantitative estimate of drug-likeness (QED) is 0.796. The monoisotopic (exact) mass is 229 g/mol. The number of ether oxygens (including phenoxy) is 2. The number of hydrogen-bond acceptors (Lipinski definition) is 3. The van der Waals surface area contributed by atoms with E-state index in [1.165, 1.54) is 14.2 Å².